The van der Waals surface area contributed by atoms with Gasteiger partial charge in [-0.3, -0.25) is 4.98 Å². The van der Waals surface area contributed by atoms with Gasteiger partial charge in [-0.05, 0) is 0 Å². The van der Waals surface area contributed by atoms with Crippen LogP contribution in [0.3, 0.4) is 0 Å². The topological polar surface area (TPSA) is 28.7 Å². The normalized spacial score (nSPS) is 11.0. The van der Waals surface area contributed by atoms with Crippen molar-refractivity contribution in [1.82, 2.24) is 9.97 Å². The van der Waals surface area contributed by atoms with Crippen LogP contribution in [0.5, 0.6) is 0 Å². The Morgan fingerprint density at radius 1 is 1.25 bits per heavy atom. The predicted molar refractivity (Wildman–Crippen MR) is 47.3 cm³/mol. The summed E-state index contributed by atoms with van der Waals surface area (Å²) in [5, 5.41) is 2.74. The number of aromatic nitrogens is 2. The van der Waals surface area contributed by atoms with Gasteiger partial charge in [-0.25, -0.2) is 0 Å². The molecule has 1 heterocycles. The van der Waals surface area contributed by atoms with E-state index in [0.717, 1.165) is 30.7 Å². The standard InChI is InChI=1S/C3H10N2Si3/c6-1-2(7)5-3(8)4-1/h6-8H3,(H,4,5). The van der Waals surface area contributed by atoms with Gasteiger partial charge >= 0.3 is 0 Å². The zero-order valence-electron chi connectivity index (χ0n) is 5.45. The second-order valence-electron chi connectivity index (χ2n) is 2.03. The lowest BCUT2D eigenvalue weighted by atomic mass is 10.9. The summed E-state index contributed by atoms with van der Waals surface area (Å²) in [5.74, 6) is 0. The van der Waals surface area contributed by atoms with Crippen LogP contribution in [-0.2, 0) is 0 Å². The summed E-state index contributed by atoms with van der Waals surface area (Å²) in [5.41, 5.74) is 1.21. The van der Waals surface area contributed by atoms with Crippen molar-refractivity contribution in [3.05, 3.63) is 0 Å². The quantitative estimate of drug-likeness (QED) is 0.375. The highest BCUT2D eigenvalue weighted by Gasteiger charge is 1.93. The molecular weight excluding hydrogens is 148 g/mol. The first kappa shape index (κ1) is 5.99. The van der Waals surface area contributed by atoms with Crippen LogP contribution in [0.4, 0.5) is 0 Å². The van der Waals surface area contributed by atoms with Crippen molar-refractivity contribution in [3.8, 4) is 0 Å². The minimum atomic E-state index is 1.07. The molecule has 0 spiro atoms. The molecule has 0 aliphatic rings. The van der Waals surface area contributed by atoms with Crippen LogP contribution in [0.1, 0.15) is 0 Å². The Balaban J connectivity index is 3.14. The van der Waals surface area contributed by atoms with E-state index in [1.54, 1.807) is 0 Å². The molecule has 1 aromatic heterocycles. The minimum Gasteiger partial charge on any atom is -0.356 e. The van der Waals surface area contributed by atoms with Crippen LogP contribution in [0.25, 0.3) is 0 Å². The Morgan fingerprint density at radius 2 is 1.88 bits per heavy atom. The van der Waals surface area contributed by atoms with Crippen molar-refractivity contribution in [1.29, 1.82) is 0 Å². The third-order valence-electron chi connectivity index (χ3n) is 1.25. The van der Waals surface area contributed by atoms with Crippen molar-refractivity contribution in [2.24, 2.45) is 0 Å². The molecule has 5 heteroatoms. The average molecular weight is 158 g/mol. The molecule has 44 valence electrons. The number of nitrogens with zero attached hydrogens (tertiary/aromatic N) is 1. The van der Waals surface area contributed by atoms with Crippen LogP contribution < -0.4 is 16.1 Å². The molecule has 0 saturated heterocycles. The van der Waals surface area contributed by atoms with Gasteiger partial charge in [0.15, 0.2) is 0 Å². The summed E-state index contributed by atoms with van der Waals surface area (Å²) >= 11 is 0. The van der Waals surface area contributed by atoms with Gasteiger partial charge in [0.2, 0.25) is 0 Å². The molecule has 1 rings (SSSR count). The van der Waals surface area contributed by atoms with E-state index < -0.39 is 0 Å². The first-order valence-corrected chi connectivity index (χ1v) is 5.70. The Morgan fingerprint density at radius 3 is 2.00 bits per heavy atom. The molecule has 0 amide bonds. The van der Waals surface area contributed by atoms with E-state index in [1.165, 1.54) is 16.1 Å². The van der Waals surface area contributed by atoms with E-state index in [4.69, 9.17) is 0 Å². The van der Waals surface area contributed by atoms with E-state index in [9.17, 15) is 0 Å². The summed E-state index contributed by atoms with van der Waals surface area (Å²) < 4.78 is 0. The molecular formula is C3H10N2Si3. The number of H-pyrrole nitrogens is 1. The smallest absolute Gasteiger partial charge is 0.0838 e. The van der Waals surface area contributed by atoms with Crippen LogP contribution in [-0.4, -0.2) is 40.7 Å². The fraction of sp³-hybridized carbons (Fsp3) is 0. The monoisotopic (exact) mass is 158 g/mol. The third-order valence-corrected chi connectivity index (χ3v) is 4.67. The Labute approximate surface area is 57.4 Å². The highest BCUT2D eigenvalue weighted by molar-refractivity contribution is 6.48. The molecule has 0 aliphatic carbocycles. The lowest BCUT2D eigenvalue weighted by molar-refractivity contribution is 1.43. The highest BCUT2D eigenvalue weighted by atomic mass is 28.2. The van der Waals surface area contributed by atoms with E-state index in [1.807, 2.05) is 0 Å². The Kier molecular flexibility index (Phi) is 1.50. The Hall–Kier alpha value is -0.139. The van der Waals surface area contributed by atoms with Crippen LogP contribution >= 0.6 is 0 Å². The van der Waals surface area contributed by atoms with Crippen LogP contribution in [0.2, 0.25) is 0 Å². The van der Waals surface area contributed by atoms with Crippen molar-refractivity contribution < 1.29 is 0 Å². The van der Waals surface area contributed by atoms with E-state index >= 15 is 0 Å². The maximum atomic E-state index is 4.31. The molecule has 1 aromatic rings. The summed E-state index contributed by atoms with van der Waals surface area (Å²) in [7, 11) is 3.32. The first-order chi connectivity index (χ1) is 3.70. The van der Waals surface area contributed by atoms with Gasteiger partial charge in [0, 0.05) is 10.6 Å². The number of hydrogen-bond acceptors (Lipinski definition) is 1. The molecule has 1 N–H and O–H groups in total. The lowest BCUT2D eigenvalue weighted by Crippen LogP contribution is -2.24. The summed E-state index contributed by atoms with van der Waals surface area (Å²) in [6.45, 7) is 0. The SMILES string of the molecule is [SiH3]c1nc([SiH3])c([SiH3])[nH]1. The molecule has 0 saturated carbocycles. The molecule has 0 fully saturated rings. The van der Waals surface area contributed by atoms with Gasteiger partial charge in [0.05, 0.1) is 36.2 Å². The van der Waals surface area contributed by atoms with Gasteiger partial charge in [0.25, 0.3) is 0 Å². The van der Waals surface area contributed by atoms with Crippen molar-refractivity contribution in [2.45, 2.75) is 0 Å². The molecule has 0 aliphatic heterocycles. The van der Waals surface area contributed by atoms with Gasteiger partial charge in [-0.2, -0.15) is 0 Å². The van der Waals surface area contributed by atoms with Gasteiger partial charge < -0.3 is 4.98 Å². The molecule has 0 aromatic carbocycles. The number of imidazole rings is 1. The summed E-state index contributed by atoms with van der Waals surface area (Å²) in [6, 6.07) is 0. The lowest BCUT2D eigenvalue weighted by Gasteiger charge is -1.79. The molecule has 0 bridgehead atoms. The number of nitrogens with one attached hydrogen (secondary N) is 1. The highest BCUT2D eigenvalue weighted by Crippen LogP contribution is 1.51. The molecule has 0 radical (unpaired) electrons. The van der Waals surface area contributed by atoms with Crippen LogP contribution in [0.15, 0.2) is 0 Å². The Bertz CT molecular complexity index is 175. The minimum absolute atomic E-state index is 1.07. The van der Waals surface area contributed by atoms with Crippen molar-refractivity contribution >= 4 is 46.8 Å². The van der Waals surface area contributed by atoms with E-state index in [-0.39, 0.29) is 0 Å². The maximum absolute atomic E-state index is 4.31. The van der Waals surface area contributed by atoms with Gasteiger partial charge in [-0.1, -0.05) is 0 Å². The van der Waals surface area contributed by atoms with Crippen molar-refractivity contribution in [2.75, 3.05) is 0 Å². The predicted octanol–water partition coefficient (Wildman–Crippen LogP) is -5.62. The number of rotatable bonds is 0. The third kappa shape index (κ3) is 0.984. The molecule has 2 nitrogen and oxygen atoms in total. The first-order valence-electron chi connectivity index (χ1n) is 2.70. The van der Waals surface area contributed by atoms with Gasteiger partial charge in [0.1, 0.15) is 0 Å². The molecule has 0 unspecified atom stereocenters. The fourth-order valence-electron chi connectivity index (χ4n) is 0.725. The average Bonchev–Trinajstić information content (AvgIpc) is 1.85. The van der Waals surface area contributed by atoms with E-state index in [2.05, 4.69) is 9.97 Å². The summed E-state index contributed by atoms with van der Waals surface area (Å²) in [6.07, 6.45) is 0. The fourth-order valence-corrected chi connectivity index (χ4v) is 3.32. The summed E-state index contributed by atoms with van der Waals surface area (Å²) in [4.78, 5) is 7.57. The second kappa shape index (κ2) is 2.00. The number of aromatic amines is 1. The van der Waals surface area contributed by atoms with Crippen LogP contribution in [0, 0.1) is 0 Å². The van der Waals surface area contributed by atoms with Gasteiger partial charge in [-0.15, -0.1) is 0 Å². The maximum Gasteiger partial charge on any atom is 0.0838 e. The second-order valence-corrected chi connectivity index (χ2v) is 4.93. The largest absolute Gasteiger partial charge is 0.356 e. The molecule has 8 heavy (non-hydrogen) atoms. The zero-order chi connectivity index (χ0) is 6.15. The zero-order valence-corrected chi connectivity index (χ0v) is 11.4. The molecule has 0 atom stereocenters. The van der Waals surface area contributed by atoms with Crippen molar-refractivity contribution in [3.63, 3.8) is 0 Å². The number of hydrogen-bond donors (Lipinski definition) is 1. The van der Waals surface area contributed by atoms with E-state index in [0.29, 0.717) is 0 Å².